The number of nitrogens with zero attached hydrogens (tertiary/aromatic N) is 2. The second-order valence-corrected chi connectivity index (χ2v) is 6.72. The quantitative estimate of drug-likeness (QED) is 0.897. The molecule has 2 saturated heterocycles. The van der Waals surface area contributed by atoms with Crippen LogP contribution >= 0.6 is 15.9 Å². The maximum Gasteiger partial charge on any atom is 0.140 e. The fourth-order valence-corrected chi connectivity index (χ4v) is 4.02. The highest BCUT2D eigenvalue weighted by Gasteiger charge is 2.38. The number of hydrogen-bond donors (Lipinski definition) is 2. The van der Waals surface area contributed by atoms with Gasteiger partial charge >= 0.3 is 0 Å². The van der Waals surface area contributed by atoms with Crippen LogP contribution in [0, 0.1) is 5.92 Å². The predicted octanol–water partition coefficient (Wildman–Crippen LogP) is 2.71. The first-order chi connectivity index (χ1) is 9.13. The Kier molecular flexibility index (Phi) is 3.67. The molecule has 1 aromatic heterocycles. The Morgan fingerprint density at radius 1 is 1.42 bits per heavy atom. The maximum atomic E-state index is 5.70. The van der Waals surface area contributed by atoms with Crippen LogP contribution in [-0.4, -0.2) is 35.6 Å². The average Bonchev–Trinajstić information content (AvgIpc) is 2.62. The van der Waals surface area contributed by atoms with Gasteiger partial charge in [-0.2, -0.15) is 0 Å². The van der Waals surface area contributed by atoms with Gasteiger partial charge in [-0.3, -0.25) is 0 Å². The molecule has 2 fully saturated rings. The lowest BCUT2D eigenvalue weighted by Gasteiger charge is -2.36. The molecule has 2 aliphatic rings. The fraction of sp³-hybridized carbons (Fsp3) is 0.643. The molecule has 3 heterocycles. The van der Waals surface area contributed by atoms with Gasteiger partial charge in [-0.05, 0) is 60.6 Å². The van der Waals surface area contributed by atoms with Crippen molar-refractivity contribution in [3.05, 3.63) is 16.7 Å². The second kappa shape index (κ2) is 5.29. The number of anilines is 2. The number of nitrogens with two attached hydrogens (primary N) is 1. The van der Waals surface area contributed by atoms with E-state index in [0.29, 0.717) is 5.69 Å². The Morgan fingerprint density at radius 3 is 2.74 bits per heavy atom. The van der Waals surface area contributed by atoms with Crippen molar-refractivity contribution < 1.29 is 0 Å². The van der Waals surface area contributed by atoms with Crippen LogP contribution in [0.15, 0.2) is 16.7 Å². The Hall–Kier alpha value is -0.810. The van der Waals surface area contributed by atoms with Gasteiger partial charge in [-0.25, -0.2) is 4.98 Å². The summed E-state index contributed by atoms with van der Waals surface area (Å²) in [5, 5.41) is 3.46. The standard InChI is InChI=1S/C14H21BrN4/c1-19-11-2-3-12(19)5-9(4-11)7-17-14-13(15)6-10(16)8-18-14/h6,8-9,11-12H,2-5,7,16H2,1H3,(H,17,18). The van der Waals surface area contributed by atoms with Crippen molar-refractivity contribution in [1.82, 2.24) is 9.88 Å². The minimum atomic E-state index is 0.690. The molecular formula is C14H21BrN4. The van der Waals surface area contributed by atoms with Crippen LogP contribution in [0.4, 0.5) is 11.5 Å². The molecule has 104 valence electrons. The second-order valence-electron chi connectivity index (χ2n) is 5.87. The molecule has 2 unspecified atom stereocenters. The fourth-order valence-electron chi connectivity index (χ4n) is 3.51. The minimum Gasteiger partial charge on any atom is -0.397 e. The van der Waals surface area contributed by atoms with Gasteiger partial charge in [-0.1, -0.05) is 0 Å². The number of aromatic nitrogens is 1. The smallest absolute Gasteiger partial charge is 0.140 e. The zero-order chi connectivity index (χ0) is 13.4. The molecule has 2 bridgehead atoms. The van der Waals surface area contributed by atoms with Crippen molar-refractivity contribution in [2.45, 2.75) is 37.8 Å². The van der Waals surface area contributed by atoms with E-state index in [0.717, 1.165) is 34.8 Å². The zero-order valence-electron chi connectivity index (χ0n) is 11.3. The first-order valence-corrected chi connectivity index (χ1v) is 7.79. The van der Waals surface area contributed by atoms with Gasteiger partial charge in [0.2, 0.25) is 0 Å². The Bertz CT molecular complexity index is 451. The van der Waals surface area contributed by atoms with Crippen LogP contribution in [0.2, 0.25) is 0 Å². The molecule has 19 heavy (non-hydrogen) atoms. The summed E-state index contributed by atoms with van der Waals surface area (Å²) in [7, 11) is 2.28. The molecule has 1 aromatic rings. The zero-order valence-corrected chi connectivity index (χ0v) is 12.9. The van der Waals surface area contributed by atoms with E-state index < -0.39 is 0 Å². The lowest BCUT2D eigenvalue weighted by molar-refractivity contribution is 0.139. The molecule has 2 atom stereocenters. The topological polar surface area (TPSA) is 54.2 Å². The highest BCUT2D eigenvalue weighted by molar-refractivity contribution is 9.10. The monoisotopic (exact) mass is 324 g/mol. The molecule has 5 heteroatoms. The highest BCUT2D eigenvalue weighted by Crippen LogP contribution is 2.37. The summed E-state index contributed by atoms with van der Waals surface area (Å²) in [6, 6.07) is 3.50. The molecular weight excluding hydrogens is 304 g/mol. The van der Waals surface area contributed by atoms with E-state index in [9.17, 15) is 0 Å². The van der Waals surface area contributed by atoms with Gasteiger partial charge < -0.3 is 16.0 Å². The number of nitrogen functional groups attached to an aromatic ring is 1. The first kappa shape index (κ1) is 13.2. The van der Waals surface area contributed by atoms with Crippen molar-refractivity contribution in [2.24, 2.45) is 5.92 Å². The number of piperidine rings is 1. The van der Waals surface area contributed by atoms with Crippen LogP contribution in [0.1, 0.15) is 25.7 Å². The molecule has 4 nitrogen and oxygen atoms in total. The van der Waals surface area contributed by atoms with Crippen molar-refractivity contribution in [2.75, 3.05) is 24.6 Å². The van der Waals surface area contributed by atoms with E-state index in [4.69, 9.17) is 5.73 Å². The van der Waals surface area contributed by atoms with Gasteiger partial charge in [0.05, 0.1) is 16.4 Å². The SMILES string of the molecule is CN1C2CCC1CC(CNc1ncc(N)cc1Br)C2. The van der Waals surface area contributed by atoms with Gasteiger partial charge in [0.15, 0.2) is 0 Å². The largest absolute Gasteiger partial charge is 0.397 e. The third-order valence-electron chi connectivity index (χ3n) is 4.62. The van der Waals surface area contributed by atoms with Crippen molar-refractivity contribution in [1.29, 1.82) is 0 Å². The van der Waals surface area contributed by atoms with E-state index >= 15 is 0 Å². The van der Waals surface area contributed by atoms with Gasteiger partial charge in [0.25, 0.3) is 0 Å². The first-order valence-electron chi connectivity index (χ1n) is 7.00. The Balaban J connectivity index is 1.58. The predicted molar refractivity (Wildman–Crippen MR) is 82.1 cm³/mol. The van der Waals surface area contributed by atoms with Gasteiger partial charge in [0, 0.05) is 18.6 Å². The summed E-state index contributed by atoms with van der Waals surface area (Å²) in [6.07, 6.45) is 7.08. The summed E-state index contributed by atoms with van der Waals surface area (Å²) in [5.41, 5.74) is 6.39. The van der Waals surface area contributed by atoms with Crippen molar-refractivity contribution in [3.63, 3.8) is 0 Å². The molecule has 3 rings (SSSR count). The summed E-state index contributed by atoms with van der Waals surface area (Å²) in [6.45, 7) is 1.01. The molecule has 0 aromatic carbocycles. The van der Waals surface area contributed by atoms with E-state index in [1.165, 1.54) is 25.7 Å². The van der Waals surface area contributed by atoms with Crippen molar-refractivity contribution in [3.8, 4) is 0 Å². The van der Waals surface area contributed by atoms with E-state index in [-0.39, 0.29) is 0 Å². The number of fused-ring (bicyclic) bond motifs is 2. The molecule has 3 N–H and O–H groups in total. The Labute approximate surface area is 122 Å². The molecule has 0 amide bonds. The lowest BCUT2D eigenvalue weighted by atomic mass is 9.91. The number of rotatable bonds is 3. The number of pyridine rings is 1. The minimum absolute atomic E-state index is 0.690. The highest BCUT2D eigenvalue weighted by atomic mass is 79.9. The van der Waals surface area contributed by atoms with Crippen LogP contribution in [-0.2, 0) is 0 Å². The molecule has 0 saturated carbocycles. The summed E-state index contributed by atoms with van der Waals surface area (Å²) < 4.78 is 0.948. The van der Waals surface area contributed by atoms with E-state index in [2.05, 4.69) is 38.2 Å². The Morgan fingerprint density at radius 2 is 2.11 bits per heavy atom. The number of halogens is 1. The summed E-state index contributed by atoms with van der Waals surface area (Å²) >= 11 is 3.50. The van der Waals surface area contributed by atoms with Gasteiger partial charge in [-0.15, -0.1) is 0 Å². The normalized spacial score (nSPS) is 30.5. The van der Waals surface area contributed by atoms with Crippen LogP contribution in [0.25, 0.3) is 0 Å². The van der Waals surface area contributed by atoms with E-state index in [1.807, 2.05) is 6.07 Å². The number of hydrogen-bond acceptors (Lipinski definition) is 4. The van der Waals surface area contributed by atoms with E-state index in [1.54, 1.807) is 6.20 Å². The lowest BCUT2D eigenvalue weighted by Crippen LogP contribution is -2.41. The molecule has 0 spiro atoms. The summed E-state index contributed by atoms with van der Waals surface area (Å²) in [5.74, 6) is 1.67. The molecule has 0 aliphatic carbocycles. The van der Waals surface area contributed by atoms with Gasteiger partial charge in [0.1, 0.15) is 5.82 Å². The average molecular weight is 325 g/mol. The summed E-state index contributed by atoms with van der Waals surface area (Å²) in [4.78, 5) is 6.91. The van der Waals surface area contributed by atoms with Crippen LogP contribution in [0.5, 0.6) is 0 Å². The third kappa shape index (κ3) is 2.72. The maximum absolute atomic E-state index is 5.70. The van der Waals surface area contributed by atoms with Crippen molar-refractivity contribution >= 4 is 27.4 Å². The molecule has 0 radical (unpaired) electrons. The number of nitrogens with one attached hydrogen (secondary N) is 1. The van der Waals surface area contributed by atoms with Crippen LogP contribution in [0.3, 0.4) is 0 Å². The molecule has 2 aliphatic heterocycles. The van der Waals surface area contributed by atoms with Crippen LogP contribution < -0.4 is 11.1 Å². The third-order valence-corrected chi connectivity index (χ3v) is 5.22.